The Hall–Kier alpha value is -0.380. The highest BCUT2D eigenvalue weighted by Crippen LogP contribution is 2.16. The molecule has 2 N–H and O–H groups in total. The molecule has 2 nitrogen and oxygen atoms in total. The molecule has 116 valence electrons. The molecule has 0 fully saturated rings. The van der Waals surface area contributed by atoms with E-state index < -0.39 is 0 Å². The smallest absolute Gasteiger partial charge is 0.0328 e. The van der Waals surface area contributed by atoms with E-state index in [0.717, 1.165) is 13.1 Å². The zero-order chi connectivity index (χ0) is 14.6. The summed E-state index contributed by atoms with van der Waals surface area (Å²) in [6.45, 7) is 4.09. The van der Waals surface area contributed by atoms with E-state index >= 15 is 0 Å². The van der Waals surface area contributed by atoms with Gasteiger partial charge >= 0.3 is 0 Å². The molecule has 1 aromatic heterocycles. The second-order valence-corrected chi connectivity index (χ2v) is 6.83. The molecule has 0 spiro atoms. The van der Waals surface area contributed by atoms with Crippen LogP contribution in [0.15, 0.2) is 17.5 Å². The number of unbranched alkanes of at least 4 members (excludes halogenated alkanes) is 6. The second-order valence-electron chi connectivity index (χ2n) is 5.79. The summed E-state index contributed by atoms with van der Waals surface area (Å²) in [5.41, 5.74) is 5.94. The fourth-order valence-corrected chi connectivity index (χ4v) is 3.40. The molecule has 0 saturated heterocycles. The molecule has 1 atom stereocenters. The van der Waals surface area contributed by atoms with Crippen molar-refractivity contribution in [2.24, 2.45) is 5.73 Å². The maximum atomic E-state index is 5.94. The van der Waals surface area contributed by atoms with E-state index in [0.29, 0.717) is 6.04 Å². The van der Waals surface area contributed by atoms with Crippen LogP contribution >= 0.6 is 11.3 Å². The van der Waals surface area contributed by atoms with Gasteiger partial charge in [0.05, 0.1) is 0 Å². The molecule has 3 heteroatoms. The van der Waals surface area contributed by atoms with Crippen molar-refractivity contribution in [3.63, 3.8) is 0 Å². The van der Waals surface area contributed by atoms with Crippen LogP contribution in [-0.2, 0) is 6.54 Å². The quantitative estimate of drug-likeness (QED) is 0.569. The molecule has 0 aliphatic rings. The Kier molecular flexibility index (Phi) is 9.98. The van der Waals surface area contributed by atoms with Crippen LogP contribution in [0.4, 0.5) is 0 Å². The topological polar surface area (TPSA) is 29.3 Å². The molecule has 1 unspecified atom stereocenters. The summed E-state index contributed by atoms with van der Waals surface area (Å²) in [5, 5.41) is 2.15. The van der Waals surface area contributed by atoms with Gasteiger partial charge < -0.3 is 5.73 Å². The highest BCUT2D eigenvalue weighted by molar-refractivity contribution is 7.09. The number of nitrogens with zero attached hydrogens (tertiary/aromatic N) is 1. The molecule has 0 aliphatic heterocycles. The van der Waals surface area contributed by atoms with Gasteiger partial charge in [-0.25, -0.2) is 0 Å². The molecule has 0 aromatic carbocycles. The number of thiophene rings is 1. The van der Waals surface area contributed by atoms with Crippen LogP contribution in [0, 0.1) is 0 Å². The van der Waals surface area contributed by atoms with Crippen LogP contribution in [0.2, 0.25) is 0 Å². The summed E-state index contributed by atoms with van der Waals surface area (Å²) in [5.74, 6) is 0. The number of hydrogen-bond donors (Lipinski definition) is 1. The Bertz CT molecular complexity index is 311. The number of likely N-dealkylation sites (N-methyl/N-ethyl adjacent to an activating group) is 1. The van der Waals surface area contributed by atoms with Crippen molar-refractivity contribution >= 4 is 11.3 Å². The molecule has 0 radical (unpaired) electrons. The van der Waals surface area contributed by atoms with Crippen LogP contribution in [0.25, 0.3) is 0 Å². The van der Waals surface area contributed by atoms with Crippen molar-refractivity contribution in [2.45, 2.75) is 70.9 Å². The summed E-state index contributed by atoms with van der Waals surface area (Å²) in [4.78, 5) is 3.86. The number of hydrogen-bond acceptors (Lipinski definition) is 3. The predicted octanol–water partition coefficient (Wildman–Crippen LogP) is 4.65. The van der Waals surface area contributed by atoms with Gasteiger partial charge in [-0.15, -0.1) is 11.3 Å². The summed E-state index contributed by atoms with van der Waals surface area (Å²) >= 11 is 1.84. The van der Waals surface area contributed by atoms with E-state index in [-0.39, 0.29) is 0 Å². The van der Waals surface area contributed by atoms with E-state index in [1.165, 1.54) is 56.2 Å². The fourth-order valence-electron chi connectivity index (χ4n) is 2.63. The lowest BCUT2D eigenvalue weighted by molar-refractivity contribution is 0.224. The van der Waals surface area contributed by atoms with Gasteiger partial charge in [0.15, 0.2) is 0 Å². The molecule has 0 amide bonds. The van der Waals surface area contributed by atoms with Crippen molar-refractivity contribution in [2.75, 3.05) is 13.6 Å². The SMILES string of the molecule is CCCCCCCCCC(CN)N(C)Cc1cccs1. The molecule has 1 aromatic rings. The maximum absolute atomic E-state index is 5.94. The third-order valence-electron chi connectivity index (χ3n) is 4.02. The Balaban J connectivity index is 2.12. The third kappa shape index (κ3) is 7.41. The zero-order valence-electron chi connectivity index (χ0n) is 13.3. The van der Waals surface area contributed by atoms with Gasteiger partial charge in [0.1, 0.15) is 0 Å². The van der Waals surface area contributed by atoms with Crippen LogP contribution in [0.5, 0.6) is 0 Å². The molecule has 0 bridgehead atoms. The van der Waals surface area contributed by atoms with Crippen LogP contribution in [0.1, 0.15) is 63.2 Å². The summed E-state index contributed by atoms with van der Waals surface area (Å²) in [7, 11) is 2.21. The van der Waals surface area contributed by atoms with Gasteiger partial charge in [-0.2, -0.15) is 0 Å². The minimum atomic E-state index is 0.535. The van der Waals surface area contributed by atoms with E-state index in [2.05, 4.69) is 36.4 Å². The fraction of sp³-hybridized carbons (Fsp3) is 0.765. The standard InChI is InChI=1S/C17H32N2S/c1-3-4-5-6-7-8-9-11-16(14-18)19(2)15-17-12-10-13-20-17/h10,12-13,16H,3-9,11,14-15,18H2,1-2H3. The normalized spacial score (nSPS) is 13.0. The van der Waals surface area contributed by atoms with E-state index in [1.54, 1.807) is 0 Å². The monoisotopic (exact) mass is 296 g/mol. The van der Waals surface area contributed by atoms with Gasteiger partial charge in [-0.3, -0.25) is 4.90 Å². The minimum Gasteiger partial charge on any atom is -0.329 e. The molecule has 0 saturated carbocycles. The predicted molar refractivity (Wildman–Crippen MR) is 91.2 cm³/mol. The first kappa shape index (κ1) is 17.7. The first-order valence-corrected chi connectivity index (χ1v) is 9.08. The maximum Gasteiger partial charge on any atom is 0.0328 e. The first-order valence-electron chi connectivity index (χ1n) is 8.20. The average Bonchev–Trinajstić information content (AvgIpc) is 2.94. The van der Waals surface area contributed by atoms with E-state index in [9.17, 15) is 0 Å². The van der Waals surface area contributed by atoms with Crippen molar-refractivity contribution in [1.29, 1.82) is 0 Å². The molecule has 0 aliphatic carbocycles. The Morgan fingerprint density at radius 2 is 1.85 bits per heavy atom. The van der Waals surface area contributed by atoms with Gasteiger partial charge in [0, 0.05) is 24.0 Å². The molecular weight excluding hydrogens is 264 g/mol. The minimum absolute atomic E-state index is 0.535. The summed E-state index contributed by atoms with van der Waals surface area (Å²) in [6, 6.07) is 4.87. The Morgan fingerprint density at radius 1 is 1.15 bits per heavy atom. The lowest BCUT2D eigenvalue weighted by Crippen LogP contribution is -2.37. The average molecular weight is 297 g/mol. The zero-order valence-corrected chi connectivity index (χ0v) is 14.1. The van der Waals surface area contributed by atoms with Crippen molar-refractivity contribution in [3.05, 3.63) is 22.4 Å². The van der Waals surface area contributed by atoms with E-state index in [1.807, 2.05) is 11.3 Å². The van der Waals surface area contributed by atoms with Crippen LogP contribution in [-0.4, -0.2) is 24.5 Å². The van der Waals surface area contributed by atoms with Gasteiger partial charge in [-0.1, -0.05) is 57.9 Å². The van der Waals surface area contributed by atoms with Crippen molar-refractivity contribution < 1.29 is 0 Å². The van der Waals surface area contributed by atoms with Crippen LogP contribution < -0.4 is 5.73 Å². The largest absolute Gasteiger partial charge is 0.329 e. The van der Waals surface area contributed by atoms with Crippen molar-refractivity contribution in [1.82, 2.24) is 4.90 Å². The van der Waals surface area contributed by atoms with Gasteiger partial charge in [0.25, 0.3) is 0 Å². The summed E-state index contributed by atoms with van der Waals surface area (Å²) < 4.78 is 0. The molecule has 20 heavy (non-hydrogen) atoms. The van der Waals surface area contributed by atoms with Crippen molar-refractivity contribution in [3.8, 4) is 0 Å². The number of nitrogens with two attached hydrogens (primary N) is 1. The second kappa shape index (κ2) is 11.3. The molecule has 1 rings (SSSR count). The Morgan fingerprint density at radius 3 is 2.45 bits per heavy atom. The Labute approximate surface area is 129 Å². The summed E-state index contributed by atoms with van der Waals surface area (Å²) in [6.07, 6.45) is 10.9. The molecule has 1 heterocycles. The van der Waals surface area contributed by atoms with Gasteiger partial charge in [-0.05, 0) is 24.9 Å². The lowest BCUT2D eigenvalue weighted by Gasteiger charge is -2.26. The van der Waals surface area contributed by atoms with E-state index in [4.69, 9.17) is 5.73 Å². The highest BCUT2D eigenvalue weighted by Gasteiger charge is 2.13. The third-order valence-corrected chi connectivity index (χ3v) is 4.88. The first-order chi connectivity index (χ1) is 9.77. The molecular formula is C17H32N2S. The highest BCUT2D eigenvalue weighted by atomic mass is 32.1. The van der Waals surface area contributed by atoms with Crippen LogP contribution in [0.3, 0.4) is 0 Å². The lowest BCUT2D eigenvalue weighted by atomic mass is 10.0. The van der Waals surface area contributed by atoms with Gasteiger partial charge in [0.2, 0.25) is 0 Å². The number of rotatable bonds is 12.